The molecule has 0 unspecified atom stereocenters. The molecule has 2 rings (SSSR count). The second kappa shape index (κ2) is 4.58. The highest BCUT2D eigenvalue weighted by Gasteiger charge is 2.11. The van der Waals surface area contributed by atoms with E-state index in [-0.39, 0.29) is 5.91 Å². The van der Waals surface area contributed by atoms with Gasteiger partial charge in [0.1, 0.15) is 0 Å². The first kappa shape index (κ1) is 11.0. The molecular formula is C12H13ClN2O. The number of aromatic amines is 1. The first-order chi connectivity index (χ1) is 7.72. The lowest BCUT2D eigenvalue weighted by molar-refractivity contribution is 0.0955. The van der Waals surface area contributed by atoms with Crippen molar-refractivity contribution in [1.29, 1.82) is 0 Å². The van der Waals surface area contributed by atoms with Crippen LogP contribution in [0, 0.1) is 0 Å². The van der Waals surface area contributed by atoms with Crippen molar-refractivity contribution in [3.8, 4) is 0 Å². The molecule has 0 aliphatic carbocycles. The first-order valence-electron chi connectivity index (χ1n) is 5.27. The zero-order chi connectivity index (χ0) is 11.5. The van der Waals surface area contributed by atoms with Crippen LogP contribution in [0.2, 0.25) is 5.02 Å². The molecule has 2 aromatic rings. The van der Waals surface area contributed by atoms with Crippen molar-refractivity contribution in [2.75, 3.05) is 6.54 Å². The lowest BCUT2D eigenvalue weighted by atomic mass is 10.1. The molecule has 0 radical (unpaired) electrons. The maximum Gasteiger partial charge on any atom is 0.253 e. The van der Waals surface area contributed by atoms with Crippen LogP contribution in [0.15, 0.2) is 24.4 Å². The topological polar surface area (TPSA) is 44.9 Å². The van der Waals surface area contributed by atoms with Crippen LogP contribution in [0.4, 0.5) is 0 Å². The zero-order valence-electron chi connectivity index (χ0n) is 9.01. The van der Waals surface area contributed by atoms with Crippen LogP contribution in [0.3, 0.4) is 0 Å². The molecule has 0 aliphatic heterocycles. The van der Waals surface area contributed by atoms with Gasteiger partial charge in [-0.1, -0.05) is 18.5 Å². The molecule has 0 spiro atoms. The van der Waals surface area contributed by atoms with Crippen molar-refractivity contribution in [3.63, 3.8) is 0 Å². The molecule has 3 nitrogen and oxygen atoms in total. The zero-order valence-corrected chi connectivity index (χ0v) is 9.77. The van der Waals surface area contributed by atoms with Crippen molar-refractivity contribution in [2.24, 2.45) is 0 Å². The molecule has 1 aromatic carbocycles. The van der Waals surface area contributed by atoms with Gasteiger partial charge < -0.3 is 10.3 Å². The third-order valence-corrected chi connectivity index (χ3v) is 2.66. The lowest BCUT2D eigenvalue weighted by Crippen LogP contribution is -2.23. The molecule has 16 heavy (non-hydrogen) atoms. The molecule has 1 aromatic heterocycles. The molecule has 84 valence electrons. The van der Waals surface area contributed by atoms with Gasteiger partial charge in [-0.05, 0) is 24.6 Å². The van der Waals surface area contributed by atoms with E-state index in [9.17, 15) is 4.79 Å². The van der Waals surface area contributed by atoms with Crippen molar-refractivity contribution in [3.05, 3.63) is 35.0 Å². The monoisotopic (exact) mass is 236 g/mol. The number of fused-ring (bicyclic) bond motifs is 1. The summed E-state index contributed by atoms with van der Waals surface area (Å²) in [7, 11) is 0. The number of carbonyl (C=O) groups excluding carboxylic acids is 1. The van der Waals surface area contributed by atoms with E-state index in [4.69, 9.17) is 11.6 Å². The molecule has 0 saturated heterocycles. The van der Waals surface area contributed by atoms with Gasteiger partial charge in [0.05, 0.1) is 5.56 Å². The fourth-order valence-electron chi connectivity index (χ4n) is 1.61. The summed E-state index contributed by atoms with van der Waals surface area (Å²) in [4.78, 5) is 14.9. The Morgan fingerprint density at radius 1 is 1.50 bits per heavy atom. The molecule has 0 saturated carbocycles. The minimum absolute atomic E-state index is 0.0598. The summed E-state index contributed by atoms with van der Waals surface area (Å²) in [6.45, 7) is 2.71. The van der Waals surface area contributed by atoms with Gasteiger partial charge in [-0.3, -0.25) is 4.79 Å². The third kappa shape index (κ3) is 2.04. The molecule has 4 heteroatoms. The van der Waals surface area contributed by atoms with E-state index in [1.165, 1.54) is 0 Å². The number of benzene rings is 1. The van der Waals surface area contributed by atoms with Crippen LogP contribution in [-0.4, -0.2) is 17.4 Å². The quantitative estimate of drug-likeness (QED) is 0.846. The number of amides is 1. The maximum absolute atomic E-state index is 11.8. The molecular weight excluding hydrogens is 224 g/mol. The van der Waals surface area contributed by atoms with E-state index in [1.54, 1.807) is 18.3 Å². The summed E-state index contributed by atoms with van der Waals surface area (Å²) in [6, 6.07) is 5.47. The summed E-state index contributed by atoms with van der Waals surface area (Å²) in [5.74, 6) is -0.0598. The Bertz CT molecular complexity index is 519. The Hall–Kier alpha value is -1.48. The highest BCUT2D eigenvalue weighted by Crippen LogP contribution is 2.22. The minimum Gasteiger partial charge on any atom is -0.360 e. The van der Waals surface area contributed by atoms with E-state index in [0.29, 0.717) is 17.1 Å². The summed E-state index contributed by atoms with van der Waals surface area (Å²) < 4.78 is 0. The van der Waals surface area contributed by atoms with Crippen molar-refractivity contribution in [1.82, 2.24) is 10.3 Å². The number of aromatic nitrogens is 1. The van der Waals surface area contributed by atoms with E-state index < -0.39 is 0 Å². The van der Waals surface area contributed by atoms with Crippen LogP contribution >= 0.6 is 11.6 Å². The first-order valence-corrected chi connectivity index (χ1v) is 5.65. The van der Waals surface area contributed by atoms with Crippen molar-refractivity contribution >= 4 is 28.4 Å². The fraction of sp³-hybridized carbons (Fsp3) is 0.250. The normalized spacial score (nSPS) is 10.6. The summed E-state index contributed by atoms with van der Waals surface area (Å²) >= 11 is 5.91. The smallest absolute Gasteiger partial charge is 0.253 e. The second-order valence-corrected chi connectivity index (χ2v) is 4.08. The minimum atomic E-state index is -0.0598. The van der Waals surface area contributed by atoms with Gasteiger partial charge in [0.2, 0.25) is 0 Å². The Morgan fingerprint density at radius 3 is 3.06 bits per heavy atom. The molecule has 1 heterocycles. The fourth-order valence-corrected chi connectivity index (χ4v) is 1.79. The number of H-pyrrole nitrogens is 1. The van der Waals surface area contributed by atoms with Crippen molar-refractivity contribution < 1.29 is 4.79 Å². The highest BCUT2D eigenvalue weighted by atomic mass is 35.5. The number of hydrogen-bond donors (Lipinski definition) is 2. The van der Waals surface area contributed by atoms with Gasteiger partial charge >= 0.3 is 0 Å². The molecule has 0 atom stereocenters. The summed E-state index contributed by atoms with van der Waals surface area (Å²) in [6.07, 6.45) is 2.64. The van der Waals surface area contributed by atoms with E-state index in [0.717, 1.165) is 17.3 Å². The predicted octanol–water partition coefficient (Wildman–Crippen LogP) is 2.96. The lowest BCUT2D eigenvalue weighted by Gasteiger charge is -2.01. The number of nitrogens with one attached hydrogen (secondary N) is 2. The van der Waals surface area contributed by atoms with Gasteiger partial charge in [0, 0.05) is 28.7 Å². The van der Waals surface area contributed by atoms with Gasteiger partial charge in [0.25, 0.3) is 5.91 Å². The predicted molar refractivity (Wildman–Crippen MR) is 65.9 cm³/mol. The Morgan fingerprint density at radius 2 is 2.31 bits per heavy atom. The molecule has 1 amide bonds. The largest absolute Gasteiger partial charge is 0.360 e. The SMILES string of the molecule is CCCNC(=O)c1c[nH]c2ccc(Cl)cc12. The van der Waals surface area contributed by atoms with Crippen LogP contribution in [0.1, 0.15) is 23.7 Å². The van der Waals surface area contributed by atoms with E-state index in [2.05, 4.69) is 10.3 Å². The highest BCUT2D eigenvalue weighted by molar-refractivity contribution is 6.31. The van der Waals surface area contributed by atoms with Gasteiger partial charge in [-0.25, -0.2) is 0 Å². The number of hydrogen-bond acceptors (Lipinski definition) is 1. The van der Waals surface area contributed by atoms with Crippen LogP contribution < -0.4 is 5.32 Å². The van der Waals surface area contributed by atoms with Gasteiger partial charge in [-0.2, -0.15) is 0 Å². The van der Waals surface area contributed by atoms with Crippen LogP contribution in [0.5, 0.6) is 0 Å². The number of carbonyl (C=O) groups is 1. The van der Waals surface area contributed by atoms with E-state index >= 15 is 0 Å². The van der Waals surface area contributed by atoms with Crippen LogP contribution in [0.25, 0.3) is 10.9 Å². The number of rotatable bonds is 3. The molecule has 0 fully saturated rings. The van der Waals surface area contributed by atoms with Crippen molar-refractivity contribution in [2.45, 2.75) is 13.3 Å². The van der Waals surface area contributed by atoms with E-state index in [1.807, 2.05) is 13.0 Å². The standard InChI is InChI=1S/C12H13ClN2O/c1-2-5-14-12(16)10-7-15-11-4-3-8(13)6-9(10)11/h3-4,6-7,15H,2,5H2,1H3,(H,14,16). The summed E-state index contributed by atoms with van der Waals surface area (Å²) in [5.41, 5.74) is 1.57. The second-order valence-electron chi connectivity index (χ2n) is 3.65. The molecule has 0 bridgehead atoms. The van der Waals surface area contributed by atoms with Gasteiger partial charge in [0.15, 0.2) is 0 Å². The Labute approximate surface area is 98.8 Å². The van der Waals surface area contributed by atoms with Gasteiger partial charge in [-0.15, -0.1) is 0 Å². The molecule has 2 N–H and O–H groups in total. The maximum atomic E-state index is 11.8. The van der Waals surface area contributed by atoms with Crippen LogP contribution in [-0.2, 0) is 0 Å². The summed E-state index contributed by atoms with van der Waals surface area (Å²) in [5, 5.41) is 4.34. The average Bonchev–Trinajstić information content (AvgIpc) is 2.68. The third-order valence-electron chi connectivity index (χ3n) is 2.42. The number of halogens is 1. The molecule has 0 aliphatic rings. The Balaban J connectivity index is 2.37. The Kier molecular flexibility index (Phi) is 3.15. The average molecular weight is 237 g/mol.